The van der Waals surface area contributed by atoms with Crippen molar-refractivity contribution in [3.8, 4) is 5.75 Å². The topological polar surface area (TPSA) is 85.2 Å². The molecule has 8 heteroatoms. The fourth-order valence-electron chi connectivity index (χ4n) is 3.38. The van der Waals surface area contributed by atoms with E-state index in [-0.39, 0.29) is 36.0 Å². The lowest BCUT2D eigenvalue weighted by atomic mass is 10.1. The van der Waals surface area contributed by atoms with Crippen LogP contribution in [0.2, 0.25) is 0 Å². The van der Waals surface area contributed by atoms with Gasteiger partial charge in [0.25, 0.3) is 0 Å². The summed E-state index contributed by atoms with van der Waals surface area (Å²) in [5, 5.41) is 9.67. The third-order valence-electron chi connectivity index (χ3n) is 5.01. The summed E-state index contributed by atoms with van der Waals surface area (Å²) in [6.45, 7) is 0.00315. The second-order valence-electron chi connectivity index (χ2n) is 7.16. The number of nitrogens with zero attached hydrogens (tertiary/aromatic N) is 2. The molecular weight excluding hydrogens is 387 g/mol. The van der Waals surface area contributed by atoms with Gasteiger partial charge >= 0.3 is 0 Å². The van der Waals surface area contributed by atoms with Gasteiger partial charge in [0.05, 0.1) is 19.0 Å². The summed E-state index contributed by atoms with van der Waals surface area (Å²) >= 11 is 0. The number of anilines is 2. The molecule has 1 heterocycles. The van der Waals surface area contributed by atoms with E-state index >= 15 is 0 Å². The number of carbonyl (C=O) groups is 2. The first-order valence-corrected chi connectivity index (χ1v) is 9.55. The molecule has 2 N–H and O–H groups in total. The number of halogens is 1. The molecule has 0 radical (unpaired) electrons. The van der Waals surface area contributed by atoms with Crippen LogP contribution in [0, 0.1) is 11.7 Å². The normalized spacial score (nSPS) is 17.3. The van der Waals surface area contributed by atoms with Gasteiger partial charge in [-0.3, -0.25) is 14.3 Å². The van der Waals surface area contributed by atoms with Crippen LogP contribution in [-0.2, 0) is 16.1 Å². The molecule has 0 saturated heterocycles. The van der Waals surface area contributed by atoms with E-state index in [1.54, 1.807) is 55.8 Å². The predicted molar refractivity (Wildman–Crippen MR) is 110 cm³/mol. The molecule has 0 spiro atoms. The fraction of sp³-hybridized carbons (Fsp3) is 0.227. The van der Waals surface area contributed by atoms with Crippen LogP contribution in [0.5, 0.6) is 5.75 Å². The summed E-state index contributed by atoms with van der Waals surface area (Å²) in [5.74, 6) is -0.365. The number of aromatic nitrogens is 2. The highest BCUT2D eigenvalue weighted by molar-refractivity contribution is 5.95. The summed E-state index contributed by atoms with van der Waals surface area (Å²) in [7, 11) is 1.57. The van der Waals surface area contributed by atoms with Crippen molar-refractivity contribution in [1.29, 1.82) is 0 Å². The summed E-state index contributed by atoms with van der Waals surface area (Å²) in [4.78, 5) is 24.6. The van der Waals surface area contributed by atoms with Gasteiger partial charge in [-0.25, -0.2) is 4.39 Å². The second-order valence-corrected chi connectivity index (χ2v) is 7.16. The maximum Gasteiger partial charge on any atom is 0.246 e. The summed E-state index contributed by atoms with van der Waals surface area (Å²) < 4.78 is 20.4. The van der Waals surface area contributed by atoms with E-state index in [0.717, 1.165) is 0 Å². The van der Waals surface area contributed by atoms with Gasteiger partial charge in [0.1, 0.15) is 18.1 Å². The van der Waals surface area contributed by atoms with Gasteiger partial charge < -0.3 is 15.4 Å². The molecule has 1 aromatic heterocycles. The van der Waals surface area contributed by atoms with Crippen molar-refractivity contribution in [3.05, 3.63) is 72.3 Å². The van der Waals surface area contributed by atoms with Gasteiger partial charge in [-0.1, -0.05) is 18.2 Å². The highest BCUT2D eigenvalue weighted by Crippen LogP contribution is 2.48. The fourth-order valence-corrected chi connectivity index (χ4v) is 3.38. The molecule has 4 rings (SSSR count). The van der Waals surface area contributed by atoms with Crippen molar-refractivity contribution in [2.45, 2.75) is 18.9 Å². The van der Waals surface area contributed by atoms with Gasteiger partial charge in [-0.2, -0.15) is 5.10 Å². The lowest BCUT2D eigenvalue weighted by Gasteiger charge is -2.06. The molecule has 0 bridgehead atoms. The first-order chi connectivity index (χ1) is 14.5. The summed E-state index contributed by atoms with van der Waals surface area (Å²) in [5.41, 5.74) is 1.72. The quantitative estimate of drug-likeness (QED) is 0.627. The summed E-state index contributed by atoms with van der Waals surface area (Å²) in [6, 6.07) is 13.5. The average molecular weight is 408 g/mol. The zero-order chi connectivity index (χ0) is 21.1. The number of ether oxygens (including phenoxy) is 1. The number of nitrogens with one attached hydrogen (secondary N) is 2. The Morgan fingerprint density at radius 3 is 2.63 bits per heavy atom. The van der Waals surface area contributed by atoms with Crippen molar-refractivity contribution < 1.29 is 18.7 Å². The monoisotopic (exact) mass is 408 g/mol. The lowest BCUT2D eigenvalue weighted by molar-refractivity contribution is -0.118. The standard InChI is InChI=1S/C22H21FN4O3/c1-30-16-8-6-14(7-9-16)25-21(28)13-27-12-15(11-24-27)26-22(29)19-10-18(19)17-4-2-3-5-20(17)23/h2-9,11-12,18-19H,10,13H2,1H3,(H,25,28)(H,26,29). The Morgan fingerprint density at radius 1 is 1.13 bits per heavy atom. The Balaban J connectivity index is 1.29. The average Bonchev–Trinajstić information content (AvgIpc) is 3.42. The number of carbonyl (C=O) groups excluding carboxylic acids is 2. The molecule has 1 aliphatic rings. The van der Waals surface area contributed by atoms with Crippen molar-refractivity contribution in [3.63, 3.8) is 0 Å². The number of hydrogen-bond donors (Lipinski definition) is 2. The third kappa shape index (κ3) is 4.48. The molecule has 2 atom stereocenters. The van der Waals surface area contributed by atoms with Gasteiger partial charge in [0.15, 0.2) is 0 Å². The molecule has 2 amide bonds. The first-order valence-electron chi connectivity index (χ1n) is 9.55. The third-order valence-corrected chi connectivity index (χ3v) is 5.01. The van der Waals surface area contributed by atoms with Crippen molar-refractivity contribution in [2.24, 2.45) is 5.92 Å². The largest absolute Gasteiger partial charge is 0.497 e. The zero-order valence-electron chi connectivity index (χ0n) is 16.3. The van der Waals surface area contributed by atoms with E-state index < -0.39 is 0 Å². The Bertz CT molecular complexity index is 1060. The molecule has 7 nitrogen and oxygen atoms in total. The van der Waals surface area contributed by atoms with Crippen LogP contribution in [-0.4, -0.2) is 28.7 Å². The van der Waals surface area contributed by atoms with Crippen LogP contribution in [0.3, 0.4) is 0 Å². The highest BCUT2D eigenvalue weighted by Gasteiger charge is 2.45. The zero-order valence-corrected chi connectivity index (χ0v) is 16.3. The number of benzene rings is 2. The molecule has 1 aliphatic carbocycles. The summed E-state index contributed by atoms with van der Waals surface area (Å²) in [6.07, 6.45) is 3.69. The van der Waals surface area contributed by atoms with E-state index in [1.165, 1.54) is 16.9 Å². The van der Waals surface area contributed by atoms with Crippen molar-refractivity contribution >= 4 is 23.2 Å². The molecule has 2 unspecified atom stereocenters. The van der Waals surface area contributed by atoms with Crippen LogP contribution in [0.4, 0.5) is 15.8 Å². The van der Waals surface area contributed by atoms with E-state index in [9.17, 15) is 14.0 Å². The molecule has 154 valence electrons. The second kappa shape index (κ2) is 8.36. The maximum absolute atomic E-state index is 13.9. The van der Waals surface area contributed by atoms with Crippen molar-refractivity contribution in [1.82, 2.24) is 9.78 Å². The van der Waals surface area contributed by atoms with Crippen LogP contribution in [0.25, 0.3) is 0 Å². The van der Waals surface area contributed by atoms with Gasteiger partial charge in [0, 0.05) is 17.8 Å². The Hall–Kier alpha value is -3.68. The minimum atomic E-state index is -0.284. The lowest BCUT2D eigenvalue weighted by Crippen LogP contribution is -2.19. The number of methoxy groups -OCH3 is 1. The van der Waals surface area contributed by atoms with Gasteiger partial charge in [-0.15, -0.1) is 0 Å². The minimum Gasteiger partial charge on any atom is -0.497 e. The SMILES string of the molecule is COc1ccc(NC(=O)Cn2cc(NC(=O)C3CC3c3ccccc3F)cn2)cc1. The number of hydrogen-bond acceptors (Lipinski definition) is 4. The van der Waals surface area contributed by atoms with E-state index in [0.29, 0.717) is 29.1 Å². The Kier molecular flexibility index (Phi) is 5.47. The molecular formula is C22H21FN4O3. The van der Waals surface area contributed by atoms with E-state index in [2.05, 4.69) is 15.7 Å². The van der Waals surface area contributed by atoms with Gasteiger partial charge in [-0.05, 0) is 48.2 Å². The number of rotatable bonds is 7. The van der Waals surface area contributed by atoms with Crippen LogP contribution in [0.1, 0.15) is 17.9 Å². The van der Waals surface area contributed by atoms with Crippen LogP contribution >= 0.6 is 0 Å². The predicted octanol–water partition coefficient (Wildman–Crippen LogP) is 3.41. The number of amides is 2. The smallest absolute Gasteiger partial charge is 0.246 e. The maximum atomic E-state index is 13.9. The highest BCUT2D eigenvalue weighted by atomic mass is 19.1. The molecule has 30 heavy (non-hydrogen) atoms. The molecule has 3 aromatic rings. The van der Waals surface area contributed by atoms with E-state index in [1.807, 2.05) is 0 Å². The Morgan fingerprint density at radius 2 is 1.90 bits per heavy atom. The van der Waals surface area contributed by atoms with E-state index in [4.69, 9.17) is 4.74 Å². The first kappa shape index (κ1) is 19.6. The van der Waals surface area contributed by atoms with Crippen LogP contribution in [0.15, 0.2) is 60.9 Å². The molecule has 2 aromatic carbocycles. The molecule has 1 saturated carbocycles. The van der Waals surface area contributed by atoms with Crippen LogP contribution < -0.4 is 15.4 Å². The van der Waals surface area contributed by atoms with Gasteiger partial charge in [0.2, 0.25) is 11.8 Å². The Labute approximate surface area is 172 Å². The minimum absolute atomic E-state index is 0.00315. The molecule has 0 aliphatic heterocycles. The molecule has 1 fully saturated rings. The van der Waals surface area contributed by atoms with Crippen molar-refractivity contribution in [2.75, 3.05) is 17.7 Å².